The Labute approximate surface area is 162 Å². The van der Waals surface area contributed by atoms with E-state index >= 15 is 0 Å². The number of nitrogens with one attached hydrogen (secondary N) is 2. The van der Waals surface area contributed by atoms with Crippen molar-refractivity contribution in [3.63, 3.8) is 0 Å². The summed E-state index contributed by atoms with van der Waals surface area (Å²) in [5.74, 6) is 1.53. The third-order valence-corrected chi connectivity index (χ3v) is 3.39. The summed E-state index contributed by atoms with van der Waals surface area (Å²) in [5, 5.41) is 6.38. The van der Waals surface area contributed by atoms with E-state index in [1.165, 1.54) is 10.5 Å². The first-order valence-corrected chi connectivity index (χ1v) is 7.83. The van der Waals surface area contributed by atoms with Gasteiger partial charge in [0.05, 0.1) is 7.11 Å². The Bertz CT molecular complexity index is 547. The number of benzene rings is 1. The molecule has 0 aliphatic carbocycles. The Kier molecular flexibility index (Phi) is 11.2. The zero-order chi connectivity index (χ0) is 17.2. The van der Waals surface area contributed by atoms with Crippen molar-refractivity contribution in [2.75, 3.05) is 40.8 Å². The van der Waals surface area contributed by atoms with Gasteiger partial charge in [0.2, 0.25) is 5.91 Å². The molecule has 2 N–H and O–H groups in total. The maximum absolute atomic E-state index is 11.6. The van der Waals surface area contributed by atoms with Gasteiger partial charge in [-0.1, -0.05) is 12.1 Å². The van der Waals surface area contributed by atoms with Crippen LogP contribution in [-0.2, 0) is 11.2 Å². The Morgan fingerprint density at radius 3 is 2.58 bits per heavy atom. The van der Waals surface area contributed by atoms with Crippen molar-refractivity contribution in [2.24, 2.45) is 4.99 Å². The molecule has 136 valence electrons. The lowest BCUT2D eigenvalue weighted by Crippen LogP contribution is -2.39. The van der Waals surface area contributed by atoms with Gasteiger partial charge in [0.1, 0.15) is 12.3 Å². The van der Waals surface area contributed by atoms with Crippen LogP contribution in [0.2, 0.25) is 0 Å². The second-order valence-corrected chi connectivity index (χ2v) is 5.46. The number of hydrogen-bond acceptors (Lipinski definition) is 3. The van der Waals surface area contributed by atoms with Crippen molar-refractivity contribution in [2.45, 2.75) is 20.3 Å². The van der Waals surface area contributed by atoms with Gasteiger partial charge in [-0.15, -0.1) is 24.0 Å². The highest BCUT2D eigenvalue weighted by Crippen LogP contribution is 2.18. The molecule has 0 saturated heterocycles. The van der Waals surface area contributed by atoms with E-state index in [4.69, 9.17) is 4.74 Å². The van der Waals surface area contributed by atoms with Crippen molar-refractivity contribution in [1.29, 1.82) is 0 Å². The van der Waals surface area contributed by atoms with Crippen LogP contribution < -0.4 is 15.4 Å². The van der Waals surface area contributed by atoms with Gasteiger partial charge in [0.15, 0.2) is 5.96 Å². The van der Waals surface area contributed by atoms with Crippen molar-refractivity contribution < 1.29 is 9.53 Å². The molecule has 1 amide bonds. The van der Waals surface area contributed by atoms with Gasteiger partial charge in [-0.2, -0.15) is 0 Å². The normalized spacial score (nSPS) is 10.6. The van der Waals surface area contributed by atoms with Crippen molar-refractivity contribution in [3.05, 3.63) is 29.3 Å². The van der Waals surface area contributed by atoms with Gasteiger partial charge in [-0.25, -0.2) is 4.99 Å². The van der Waals surface area contributed by atoms with Gasteiger partial charge >= 0.3 is 0 Å². The molecule has 0 radical (unpaired) electrons. The zero-order valence-corrected chi connectivity index (χ0v) is 17.5. The molecule has 6 nitrogen and oxygen atoms in total. The Morgan fingerprint density at radius 2 is 2.00 bits per heavy atom. The predicted octanol–water partition coefficient (Wildman–Crippen LogP) is 1.81. The van der Waals surface area contributed by atoms with E-state index in [1.807, 2.05) is 13.8 Å². The fourth-order valence-corrected chi connectivity index (χ4v) is 1.98. The van der Waals surface area contributed by atoms with Crippen LogP contribution in [0.25, 0.3) is 0 Å². The lowest BCUT2D eigenvalue weighted by atomic mass is 10.1. The van der Waals surface area contributed by atoms with E-state index < -0.39 is 0 Å². The molecular weight excluding hydrogens is 419 g/mol. The largest absolute Gasteiger partial charge is 0.496 e. The fourth-order valence-electron chi connectivity index (χ4n) is 1.98. The number of aliphatic imine (C=N–C) groups is 1. The number of hydrogen-bond donors (Lipinski definition) is 2. The summed E-state index contributed by atoms with van der Waals surface area (Å²) in [4.78, 5) is 17.4. The van der Waals surface area contributed by atoms with Crippen LogP contribution in [-0.4, -0.2) is 57.6 Å². The second kappa shape index (κ2) is 11.9. The minimum atomic E-state index is -0.0227. The lowest BCUT2D eigenvalue weighted by Gasteiger charge is -2.13. The van der Waals surface area contributed by atoms with Crippen LogP contribution in [0.3, 0.4) is 0 Å². The molecular formula is C17H29IN4O2. The lowest BCUT2D eigenvalue weighted by molar-refractivity contribution is -0.127. The average molecular weight is 448 g/mol. The summed E-state index contributed by atoms with van der Waals surface area (Å²) in [6, 6.07) is 6.21. The second-order valence-electron chi connectivity index (χ2n) is 5.46. The minimum Gasteiger partial charge on any atom is -0.496 e. The summed E-state index contributed by atoms with van der Waals surface area (Å²) in [6.45, 7) is 5.64. The molecule has 0 atom stereocenters. The number of likely N-dealkylation sites (N-methyl/N-ethyl adjacent to an activating group) is 1. The van der Waals surface area contributed by atoms with Gasteiger partial charge in [-0.3, -0.25) is 4.79 Å². The number of guanidine groups is 1. The molecule has 0 bridgehead atoms. The highest BCUT2D eigenvalue weighted by Gasteiger charge is 2.04. The van der Waals surface area contributed by atoms with E-state index in [1.54, 1.807) is 21.2 Å². The maximum Gasteiger partial charge on any atom is 0.243 e. The van der Waals surface area contributed by atoms with Crippen molar-refractivity contribution in [3.8, 4) is 5.75 Å². The topological polar surface area (TPSA) is 66.0 Å². The summed E-state index contributed by atoms with van der Waals surface area (Å²) in [7, 11) is 5.13. The number of nitrogens with zero attached hydrogens (tertiary/aromatic N) is 2. The van der Waals surface area contributed by atoms with E-state index in [0.717, 1.165) is 30.8 Å². The standard InChI is InChI=1S/C17H28N4O2.HI/c1-6-18-17(20-12-16(22)21(3)4)19-10-9-14-8-7-13(2)15(11-14)23-5;/h7-8,11H,6,9-10,12H2,1-5H3,(H2,18,19,20);1H. The highest BCUT2D eigenvalue weighted by molar-refractivity contribution is 14.0. The molecule has 0 unspecified atom stereocenters. The fraction of sp³-hybridized carbons (Fsp3) is 0.529. The third kappa shape index (κ3) is 7.85. The minimum absolute atomic E-state index is 0. The zero-order valence-electron chi connectivity index (χ0n) is 15.2. The molecule has 24 heavy (non-hydrogen) atoms. The Morgan fingerprint density at radius 1 is 1.29 bits per heavy atom. The summed E-state index contributed by atoms with van der Waals surface area (Å²) >= 11 is 0. The molecule has 1 aromatic rings. The van der Waals surface area contributed by atoms with E-state index in [9.17, 15) is 4.79 Å². The first-order valence-electron chi connectivity index (χ1n) is 7.83. The molecule has 0 aliphatic rings. The summed E-state index contributed by atoms with van der Waals surface area (Å²) in [6.07, 6.45) is 0.850. The smallest absolute Gasteiger partial charge is 0.243 e. The van der Waals surface area contributed by atoms with Gasteiger partial charge in [0.25, 0.3) is 0 Å². The maximum atomic E-state index is 11.6. The monoisotopic (exact) mass is 448 g/mol. The number of aryl methyl sites for hydroxylation is 1. The summed E-state index contributed by atoms with van der Waals surface area (Å²) < 4.78 is 5.34. The van der Waals surface area contributed by atoms with Crippen LogP contribution in [0.4, 0.5) is 0 Å². The van der Waals surface area contributed by atoms with Gasteiger partial charge in [0, 0.05) is 27.2 Å². The average Bonchev–Trinajstić information content (AvgIpc) is 2.53. The number of ether oxygens (including phenoxy) is 1. The first-order chi connectivity index (χ1) is 11.0. The van der Waals surface area contributed by atoms with Gasteiger partial charge < -0.3 is 20.3 Å². The molecule has 0 aliphatic heterocycles. The number of amides is 1. The van der Waals surface area contributed by atoms with Crippen molar-refractivity contribution in [1.82, 2.24) is 15.5 Å². The molecule has 1 rings (SSSR count). The SMILES string of the molecule is CCNC(=NCC(=O)N(C)C)NCCc1ccc(C)c(OC)c1.I. The van der Waals surface area contributed by atoms with Crippen LogP contribution >= 0.6 is 24.0 Å². The number of carbonyl (C=O) groups excluding carboxylic acids is 1. The van der Waals surface area contributed by atoms with Crippen molar-refractivity contribution >= 4 is 35.8 Å². The van der Waals surface area contributed by atoms with Crippen LogP contribution in [0, 0.1) is 6.92 Å². The van der Waals surface area contributed by atoms with E-state index in [0.29, 0.717) is 5.96 Å². The molecule has 0 fully saturated rings. The third-order valence-electron chi connectivity index (χ3n) is 3.39. The van der Waals surface area contributed by atoms with Crippen LogP contribution in [0.5, 0.6) is 5.75 Å². The predicted molar refractivity (Wildman–Crippen MR) is 110 cm³/mol. The van der Waals surface area contributed by atoms with Crippen LogP contribution in [0.15, 0.2) is 23.2 Å². The molecule has 7 heteroatoms. The molecule has 0 saturated carbocycles. The number of halogens is 1. The molecule has 0 heterocycles. The quantitative estimate of drug-likeness (QED) is 0.380. The number of methoxy groups -OCH3 is 1. The Balaban J connectivity index is 0.00000529. The number of carbonyl (C=O) groups is 1. The summed E-state index contributed by atoms with van der Waals surface area (Å²) in [5.41, 5.74) is 2.32. The Hall–Kier alpha value is -1.51. The van der Waals surface area contributed by atoms with Crippen LogP contribution in [0.1, 0.15) is 18.1 Å². The van der Waals surface area contributed by atoms with E-state index in [2.05, 4.69) is 33.8 Å². The first kappa shape index (κ1) is 22.5. The highest BCUT2D eigenvalue weighted by atomic mass is 127. The van der Waals surface area contributed by atoms with Gasteiger partial charge in [-0.05, 0) is 37.5 Å². The molecule has 1 aromatic carbocycles. The number of rotatable bonds is 7. The van der Waals surface area contributed by atoms with E-state index in [-0.39, 0.29) is 36.4 Å². The molecule has 0 aromatic heterocycles. The molecule has 0 spiro atoms.